The molecular weight excluding hydrogens is 671 g/mol. The first kappa shape index (κ1) is 32.2. The second-order valence-electron chi connectivity index (χ2n) is 13.7. The maximum atomic E-state index is 6.21. The molecule has 0 bridgehead atoms. The molecule has 4 nitrogen and oxygen atoms in total. The Kier molecular flexibility index (Phi) is 8.12. The minimum atomic E-state index is 0.666. The second-order valence-corrected chi connectivity index (χ2v) is 13.7. The Morgan fingerprint density at radius 3 is 1.65 bits per heavy atom. The molecule has 3 heterocycles. The Balaban J connectivity index is 1.18. The van der Waals surface area contributed by atoms with Crippen molar-refractivity contribution in [3.8, 4) is 78.4 Å². The van der Waals surface area contributed by atoms with E-state index < -0.39 is 0 Å². The third-order valence-electron chi connectivity index (χ3n) is 10.2. The van der Waals surface area contributed by atoms with Crippen molar-refractivity contribution in [2.45, 2.75) is 0 Å². The highest BCUT2D eigenvalue weighted by atomic mass is 16.3. The molecule has 0 amide bonds. The lowest BCUT2D eigenvalue weighted by molar-refractivity contribution is 0.669. The summed E-state index contributed by atoms with van der Waals surface area (Å²) in [7, 11) is 0. The zero-order valence-corrected chi connectivity index (χ0v) is 29.8. The van der Waals surface area contributed by atoms with Gasteiger partial charge in [-0.3, -0.25) is 4.98 Å². The number of pyridine rings is 1. The molecular formula is C51H33N3O. The van der Waals surface area contributed by atoms with Crippen molar-refractivity contribution >= 4 is 21.9 Å². The molecule has 4 heteroatoms. The van der Waals surface area contributed by atoms with Crippen molar-refractivity contribution < 1.29 is 4.42 Å². The summed E-state index contributed by atoms with van der Waals surface area (Å²) in [6, 6.07) is 65.6. The Hall–Kier alpha value is -7.43. The molecule has 0 unspecified atom stereocenters. The predicted molar refractivity (Wildman–Crippen MR) is 225 cm³/mol. The third kappa shape index (κ3) is 6.26. The van der Waals surface area contributed by atoms with Gasteiger partial charge in [-0.1, -0.05) is 140 Å². The smallest absolute Gasteiger partial charge is 0.160 e. The monoisotopic (exact) mass is 703 g/mol. The number of benzene rings is 7. The second kappa shape index (κ2) is 13.8. The summed E-state index contributed by atoms with van der Waals surface area (Å²) in [4.78, 5) is 14.9. The number of hydrogen-bond acceptors (Lipinski definition) is 4. The molecule has 0 atom stereocenters. The molecule has 0 saturated carbocycles. The van der Waals surface area contributed by atoms with Crippen LogP contribution in [0.2, 0.25) is 0 Å². The van der Waals surface area contributed by atoms with Crippen molar-refractivity contribution in [1.82, 2.24) is 15.0 Å². The molecule has 258 valence electrons. The van der Waals surface area contributed by atoms with E-state index in [4.69, 9.17) is 14.4 Å². The van der Waals surface area contributed by atoms with Gasteiger partial charge in [-0.05, 0) is 87.5 Å². The van der Waals surface area contributed by atoms with Crippen LogP contribution in [0.3, 0.4) is 0 Å². The van der Waals surface area contributed by atoms with Crippen LogP contribution in [0.25, 0.3) is 100 Å². The lowest BCUT2D eigenvalue weighted by Gasteiger charge is -2.15. The van der Waals surface area contributed by atoms with Crippen molar-refractivity contribution in [3.63, 3.8) is 0 Å². The van der Waals surface area contributed by atoms with Gasteiger partial charge >= 0.3 is 0 Å². The summed E-state index contributed by atoms with van der Waals surface area (Å²) in [6.45, 7) is 0. The molecule has 10 rings (SSSR count). The minimum absolute atomic E-state index is 0.666. The van der Waals surface area contributed by atoms with Crippen molar-refractivity contribution in [2.24, 2.45) is 0 Å². The van der Waals surface area contributed by atoms with E-state index >= 15 is 0 Å². The van der Waals surface area contributed by atoms with Crippen LogP contribution < -0.4 is 0 Å². The molecule has 0 radical (unpaired) electrons. The molecule has 55 heavy (non-hydrogen) atoms. The van der Waals surface area contributed by atoms with Gasteiger partial charge in [0.25, 0.3) is 0 Å². The summed E-state index contributed by atoms with van der Waals surface area (Å²) in [5.74, 6) is 0.666. The first-order valence-electron chi connectivity index (χ1n) is 18.4. The van der Waals surface area contributed by atoms with Crippen LogP contribution in [0.4, 0.5) is 0 Å². The average Bonchev–Trinajstić information content (AvgIpc) is 3.65. The number of furan rings is 1. The molecule has 0 N–H and O–H groups in total. The molecule has 0 aliphatic carbocycles. The first-order valence-corrected chi connectivity index (χ1v) is 18.4. The van der Waals surface area contributed by atoms with E-state index in [-0.39, 0.29) is 0 Å². The third-order valence-corrected chi connectivity index (χ3v) is 10.2. The van der Waals surface area contributed by atoms with Crippen molar-refractivity contribution in [2.75, 3.05) is 0 Å². The van der Waals surface area contributed by atoms with Gasteiger partial charge in [-0.15, -0.1) is 0 Å². The Morgan fingerprint density at radius 1 is 0.327 bits per heavy atom. The highest BCUT2D eigenvalue weighted by Gasteiger charge is 2.17. The topological polar surface area (TPSA) is 51.8 Å². The molecule has 0 fully saturated rings. The molecule has 0 spiro atoms. The van der Waals surface area contributed by atoms with E-state index in [1.807, 2.05) is 48.7 Å². The maximum Gasteiger partial charge on any atom is 0.160 e. The zero-order valence-electron chi connectivity index (χ0n) is 29.8. The summed E-state index contributed by atoms with van der Waals surface area (Å²) in [5.41, 5.74) is 15.3. The molecule has 0 aliphatic rings. The number of para-hydroxylation sites is 1. The Morgan fingerprint density at radius 2 is 0.891 bits per heavy atom. The highest BCUT2D eigenvalue weighted by Crippen LogP contribution is 2.39. The Labute approximate surface area is 319 Å². The minimum Gasteiger partial charge on any atom is -0.456 e. The van der Waals surface area contributed by atoms with Gasteiger partial charge in [0.05, 0.1) is 11.4 Å². The largest absolute Gasteiger partial charge is 0.456 e. The number of nitrogens with zero attached hydrogens (tertiary/aromatic N) is 3. The maximum absolute atomic E-state index is 6.21. The van der Waals surface area contributed by atoms with E-state index in [0.717, 1.165) is 83.4 Å². The van der Waals surface area contributed by atoms with Crippen LogP contribution in [-0.4, -0.2) is 15.0 Å². The van der Waals surface area contributed by atoms with Crippen LogP contribution in [0.5, 0.6) is 0 Å². The van der Waals surface area contributed by atoms with Gasteiger partial charge in [-0.25, -0.2) is 9.97 Å². The normalized spacial score (nSPS) is 11.3. The van der Waals surface area contributed by atoms with E-state index in [0.29, 0.717) is 5.82 Å². The SMILES string of the molecule is c1ccc(-c2ccc(-c3cc(-c4ccc5oc6ccccc6c5c4)cc(-c4cc(-c5ccccc5-c5cccnc5)nc(-c5ccccc5)n4)c3)cc2)cc1. The van der Waals surface area contributed by atoms with Crippen molar-refractivity contribution in [1.29, 1.82) is 0 Å². The highest BCUT2D eigenvalue weighted by molar-refractivity contribution is 6.06. The summed E-state index contributed by atoms with van der Waals surface area (Å²) in [5, 5.41) is 2.20. The van der Waals surface area contributed by atoms with Gasteiger partial charge in [0.1, 0.15) is 11.2 Å². The average molecular weight is 704 g/mol. The van der Waals surface area contributed by atoms with E-state index in [2.05, 4.69) is 151 Å². The lowest BCUT2D eigenvalue weighted by Crippen LogP contribution is -1.97. The van der Waals surface area contributed by atoms with Crippen LogP contribution in [0.15, 0.2) is 205 Å². The molecule has 7 aromatic carbocycles. The quantitative estimate of drug-likeness (QED) is 0.166. The summed E-state index contributed by atoms with van der Waals surface area (Å²) < 4.78 is 6.21. The van der Waals surface area contributed by atoms with E-state index in [9.17, 15) is 0 Å². The van der Waals surface area contributed by atoms with Gasteiger partial charge in [0.15, 0.2) is 5.82 Å². The molecule has 0 saturated heterocycles. The van der Waals surface area contributed by atoms with Gasteiger partial charge < -0.3 is 4.42 Å². The van der Waals surface area contributed by atoms with E-state index in [1.165, 1.54) is 11.1 Å². The molecule has 10 aromatic rings. The fraction of sp³-hybridized carbons (Fsp3) is 0. The van der Waals surface area contributed by atoms with Gasteiger partial charge in [0.2, 0.25) is 0 Å². The Bertz CT molecular complexity index is 2950. The standard InChI is InChI=1S/C51H33N3O/c1-3-12-34(13-4-1)35-21-23-36(24-22-35)40-28-41(38-25-26-50-46(31-38)45-19-9-10-20-49(45)55-50)30-42(29-40)47-32-48(54-51(53-47)37-14-5-2-6-15-37)44-18-8-7-17-43(44)39-16-11-27-52-33-39/h1-33H. The fourth-order valence-corrected chi connectivity index (χ4v) is 7.43. The predicted octanol–water partition coefficient (Wildman–Crippen LogP) is 13.4. The fourth-order valence-electron chi connectivity index (χ4n) is 7.43. The van der Waals surface area contributed by atoms with Crippen LogP contribution in [0.1, 0.15) is 0 Å². The molecule has 3 aromatic heterocycles. The van der Waals surface area contributed by atoms with Crippen molar-refractivity contribution in [3.05, 3.63) is 200 Å². The lowest BCUT2D eigenvalue weighted by atomic mass is 9.92. The van der Waals surface area contributed by atoms with E-state index in [1.54, 1.807) is 6.20 Å². The summed E-state index contributed by atoms with van der Waals surface area (Å²) >= 11 is 0. The van der Waals surface area contributed by atoms with Crippen LogP contribution in [0, 0.1) is 0 Å². The number of fused-ring (bicyclic) bond motifs is 3. The first-order chi connectivity index (χ1) is 27.2. The van der Waals surface area contributed by atoms with Crippen LogP contribution >= 0.6 is 0 Å². The van der Waals surface area contributed by atoms with Gasteiger partial charge in [-0.2, -0.15) is 0 Å². The number of hydrogen-bond donors (Lipinski definition) is 0. The van der Waals surface area contributed by atoms with Gasteiger partial charge in [0, 0.05) is 45.4 Å². The number of rotatable bonds is 7. The van der Waals surface area contributed by atoms with Crippen LogP contribution in [-0.2, 0) is 0 Å². The zero-order chi connectivity index (χ0) is 36.6. The number of aromatic nitrogens is 3. The molecule has 0 aliphatic heterocycles. The summed E-state index contributed by atoms with van der Waals surface area (Å²) in [6.07, 6.45) is 3.70.